The van der Waals surface area contributed by atoms with Gasteiger partial charge in [-0.05, 0) is 12.3 Å². The lowest BCUT2D eigenvalue weighted by Crippen LogP contribution is -2.19. The van der Waals surface area contributed by atoms with E-state index >= 15 is 0 Å². The molecule has 1 rings (SSSR count). The second-order valence-electron chi connectivity index (χ2n) is 4.10. The van der Waals surface area contributed by atoms with Crippen molar-refractivity contribution in [3.8, 4) is 0 Å². The summed E-state index contributed by atoms with van der Waals surface area (Å²) in [4.78, 5) is 15.0. The first-order valence-electron chi connectivity index (χ1n) is 5.21. The summed E-state index contributed by atoms with van der Waals surface area (Å²) in [6.45, 7) is 3.73. The maximum atomic E-state index is 10.7. The van der Waals surface area contributed by atoms with Crippen molar-refractivity contribution in [1.29, 1.82) is 0 Å². The van der Waals surface area contributed by atoms with E-state index in [-0.39, 0.29) is 11.8 Å². The third-order valence-electron chi connectivity index (χ3n) is 2.99. The Hall–Kier alpha value is -1.32. The number of hydrogen-bond acceptors (Lipinski definition) is 2. The molecule has 1 heterocycles. The van der Waals surface area contributed by atoms with E-state index in [2.05, 4.69) is 4.98 Å². The van der Waals surface area contributed by atoms with E-state index in [1.54, 1.807) is 13.1 Å². The van der Waals surface area contributed by atoms with Crippen molar-refractivity contribution in [1.82, 2.24) is 9.55 Å². The summed E-state index contributed by atoms with van der Waals surface area (Å²) in [6, 6.07) is 0. The van der Waals surface area contributed by atoms with Gasteiger partial charge in [0, 0.05) is 25.9 Å². The molecule has 0 aliphatic heterocycles. The van der Waals surface area contributed by atoms with Crippen LogP contribution in [0.4, 0.5) is 0 Å². The van der Waals surface area contributed by atoms with E-state index in [1.165, 1.54) is 0 Å². The minimum Gasteiger partial charge on any atom is -0.481 e. The zero-order valence-electron chi connectivity index (χ0n) is 9.47. The van der Waals surface area contributed by atoms with E-state index in [0.717, 1.165) is 18.7 Å². The molecule has 84 valence electrons. The predicted octanol–water partition coefficient (Wildman–Crippen LogP) is 1.71. The van der Waals surface area contributed by atoms with E-state index in [9.17, 15) is 4.79 Å². The van der Waals surface area contributed by atoms with Crippen molar-refractivity contribution in [3.05, 3.63) is 18.2 Å². The Morgan fingerprint density at radius 1 is 1.60 bits per heavy atom. The van der Waals surface area contributed by atoms with Gasteiger partial charge in [0.25, 0.3) is 0 Å². The van der Waals surface area contributed by atoms with Crippen LogP contribution in [-0.4, -0.2) is 20.6 Å². The van der Waals surface area contributed by atoms with Gasteiger partial charge in [-0.15, -0.1) is 0 Å². The largest absolute Gasteiger partial charge is 0.481 e. The lowest BCUT2D eigenvalue weighted by atomic mass is 9.91. The molecule has 0 aliphatic rings. The fourth-order valence-electron chi connectivity index (χ4n) is 1.49. The molecule has 0 amide bonds. The fraction of sp³-hybridized carbons (Fsp3) is 0.636. The van der Waals surface area contributed by atoms with Gasteiger partial charge in [-0.3, -0.25) is 4.79 Å². The van der Waals surface area contributed by atoms with Gasteiger partial charge in [0.15, 0.2) is 0 Å². The average molecular weight is 210 g/mol. The Bertz CT molecular complexity index is 333. The molecule has 15 heavy (non-hydrogen) atoms. The molecule has 0 fully saturated rings. The van der Waals surface area contributed by atoms with Crippen LogP contribution in [0.5, 0.6) is 0 Å². The molecule has 2 atom stereocenters. The fourth-order valence-corrected chi connectivity index (χ4v) is 1.49. The lowest BCUT2D eigenvalue weighted by molar-refractivity contribution is -0.142. The van der Waals surface area contributed by atoms with Gasteiger partial charge in [-0.2, -0.15) is 0 Å². The van der Waals surface area contributed by atoms with E-state index < -0.39 is 5.97 Å². The number of aromatic nitrogens is 2. The number of nitrogens with zero attached hydrogens (tertiary/aromatic N) is 2. The van der Waals surface area contributed by atoms with Crippen LogP contribution in [-0.2, 0) is 18.3 Å². The van der Waals surface area contributed by atoms with Crippen molar-refractivity contribution < 1.29 is 9.90 Å². The number of aliphatic carboxylic acids is 1. The van der Waals surface area contributed by atoms with Crippen LogP contribution in [0.2, 0.25) is 0 Å². The molecule has 0 bridgehead atoms. The summed E-state index contributed by atoms with van der Waals surface area (Å²) in [5.41, 5.74) is 0. The van der Waals surface area contributed by atoms with Crippen molar-refractivity contribution in [2.24, 2.45) is 18.9 Å². The van der Waals surface area contributed by atoms with Crippen molar-refractivity contribution in [2.75, 3.05) is 0 Å². The first-order valence-corrected chi connectivity index (χ1v) is 5.21. The summed E-state index contributed by atoms with van der Waals surface area (Å²) < 4.78 is 1.97. The predicted molar refractivity (Wildman–Crippen MR) is 57.5 cm³/mol. The van der Waals surface area contributed by atoms with Crippen LogP contribution in [0.3, 0.4) is 0 Å². The molecular formula is C11H18N2O2. The SMILES string of the molecule is CC(CCc1nccn1C)C(C)C(=O)O. The summed E-state index contributed by atoms with van der Waals surface area (Å²) in [7, 11) is 1.95. The van der Waals surface area contributed by atoms with Gasteiger partial charge in [0.1, 0.15) is 5.82 Å². The molecule has 0 saturated heterocycles. The second-order valence-corrected chi connectivity index (χ2v) is 4.10. The summed E-state index contributed by atoms with van der Waals surface area (Å²) in [5.74, 6) is 0.186. The second kappa shape index (κ2) is 4.96. The Balaban J connectivity index is 2.44. The summed E-state index contributed by atoms with van der Waals surface area (Å²) in [6.07, 6.45) is 5.36. The molecule has 2 unspecified atom stereocenters. The molecule has 4 nitrogen and oxygen atoms in total. The third kappa shape index (κ3) is 3.08. The van der Waals surface area contributed by atoms with Crippen LogP contribution in [0.1, 0.15) is 26.1 Å². The standard InChI is InChI=1S/C11H18N2O2/c1-8(9(2)11(14)15)4-5-10-12-6-7-13(10)3/h6-9H,4-5H2,1-3H3,(H,14,15). The maximum absolute atomic E-state index is 10.7. The molecule has 4 heteroatoms. The highest BCUT2D eigenvalue weighted by Crippen LogP contribution is 2.17. The topological polar surface area (TPSA) is 55.1 Å². The molecule has 0 radical (unpaired) electrons. The molecular weight excluding hydrogens is 192 g/mol. The first-order chi connectivity index (χ1) is 7.02. The molecule has 0 aromatic carbocycles. The Labute approximate surface area is 89.9 Å². The smallest absolute Gasteiger partial charge is 0.306 e. The van der Waals surface area contributed by atoms with E-state index in [1.807, 2.05) is 24.7 Å². The van der Waals surface area contributed by atoms with E-state index in [4.69, 9.17) is 5.11 Å². The van der Waals surface area contributed by atoms with Crippen LogP contribution in [0, 0.1) is 11.8 Å². The molecule has 1 aromatic heterocycles. The zero-order valence-corrected chi connectivity index (χ0v) is 9.47. The Morgan fingerprint density at radius 2 is 2.27 bits per heavy atom. The highest BCUT2D eigenvalue weighted by Gasteiger charge is 2.19. The number of hydrogen-bond donors (Lipinski definition) is 1. The Kier molecular flexibility index (Phi) is 3.88. The van der Waals surface area contributed by atoms with Gasteiger partial charge in [-0.25, -0.2) is 4.98 Å². The van der Waals surface area contributed by atoms with Gasteiger partial charge < -0.3 is 9.67 Å². The van der Waals surface area contributed by atoms with Gasteiger partial charge >= 0.3 is 5.97 Å². The molecule has 0 aliphatic carbocycles. The average Bonchev–Trinajstić information content (AvgIpc) is 2.59. The highest BCUT2D eigenvalue weighted by atomic mass is 16.4. The number of imidazole rings is 1. The van der Waals surface area contributed by atoms with Crippen LogP contribution < -0.4 is 0 Å². The van der Waals surface area contributed by atoms with Crippen molar-refractivity contribution in [2.45, 2.75) is 26.7 Å². The van der Waals surface area contributed by atoms with Crippen LogP contribution in [0.25, 0.3) is 0 Å². The minimum absolute atomic E-state index is 0.180. The van der Waals surface area contributed by atoms with Crippen molar-refractivity contribution in [3.63, 3.8) is 0 Å². The van der Waals surface area contributed by atoms with Gasteiger partial charge in [0.2, 0.25) is 0 Å². The van der Waals surface area contributed by atoms with Gasteiger partial charge in [0.05, 0.1) is 5.92 Å². The quantitative estimate of drug-likeness (QED) is 0.805. The van der Waals surface area contributed by atoms with Gasteiger partial charge in [-0.1, -0.05) is 13.8 Å². The maximum Gasteiger partial charge on any atom is 0.306 e. The third-order valence-corrected chi connectivity index (χ3v) is 2.99. The van der Waals surface area contributed by atoms with Crippen LogP contribution >= 0.6 is 0 Å². The highest BCUT2D eigenvalue weighted by molar-refractivity contribution is 5.69. The molecule has 1 N–H and O–H groups in total. The summed E-state index contributed by atoms with van der Waals surface area (Å²) in [5, 5.41) is 8.84. The minimum atomic E-state index is -0.720. The monoisotopic (exact) mass is 210 g/mol. The molecule has 0 saturated carbocycles. The normalized spacial score (nSPS) is 14.9. The number of rotatable bonds is 5. The number of carbonyl (C=O) groups is 1. The first kappa shape index (κ1) is 11.8. The number of aryl methyl sites for hydroxylation is 2. The number of carboxylic acid groups (broad SMARTS) is 1. The van der Waals surface area contributed by atoms with Crippen molar-refractivity contribution >= 4 is 5.97 Å². The lowest BCUT2D eigenvalue weighted by Gasteiger charge is -2.15. The number of carboxylic acids is 1. The Morgan fingerprint density at radius 3 is 2.73 bits per heavy atom. The van der Waals surface area contributed by atoms with Crippen LogP contribution in [0.15, 0.2) is 12.4 Å². The molecule has 0 spiro atoms. The zero-order chi connectivity index (χ0) is 11.4. The summed E-state index contributed by atoms with van der Waals surface area (Å²) >= 11 is 0. The molecule has 1 aromatic rings. The van der Waals surface area contributed by atoms with E-state index in [0.29, 0.717) is 0 Å².